The highest BCUT2D eigenvalue weighted by molar-refractivity contribution is 14.0. The third kappa shape index (κ3) is 7.32. The zero-order valence-electron chi connectivity index (χ0n) is 18.3. The van der Waals surface area contributed by atoms with Crippen molar-refractivity contribution in [2.24, 2.45) is 10.9 Å². The summed E-state index contributed by atoms with van der Waals surface area (Å²) in [5.41, 5.74) is 0. The summed E-state index contributed by atoms with van der Waals surface area (Å²) in [6.45, 7) is 4.42. The lowest BCUT2D eigenvalue weighted by atomic mass is 9.88. The second-order valence-electron chi connectivity index (χ2n) is 8.16. The average molecular weight is 528 g/mol. The lowest BCUT2D eigenvalue weighted by molar-refractivity contribution is -0.135. The van der Waals surface area contributed by atoms with Gasteiger partial charge >= 0.3 is 0 Å². The number of carbonyl (C=O) groups is 1. The molecule has 6 nitrogen and oxygen atoms in total. The Balaban J connectivity index is 0.00000320. The van der Waals surface area contributed by atoms with Crippen molar-refractivity contribution in [3.8, 4) is 5.75 Å². The number of nitrogens with zero attached hydrogens (tertiary/aromatic N) is 2. The predicted molar refractivity (Wildman–Crippen MR) is 133 cm³/mol. The number of carbonyl (C=O) groups excluding carboxylic acids is 1. The van der Waals surface area contributed by atoms with Crippen molar-refractivity contribution >= 4 is 35.8 Å². The molecule has 1 aliphatic carbocycles. The topological polar surface area (TPSA) is 66.0 Å². The van der Waals surface area contributed by atoms with Crippen LogP contribution in [0.15, 0.2) is 35.3 Å². The van der Waals surface area contributed by atoms with Gasteiger partial charge in [-0.2, -0.15) is 0 Å². The van der Waals surface area contributed by atoms with Gasteiger partial charge in [-0.15, -0.1) is 24.0 Å². The molecule has 1 aliphatic heterocycles. The Morgan fingerprint density at radius 1 is 1.20 bits per heavy atom. The van der Waals surface area contributed by atoms with Crippen LogP contribution in [0.3, 0.4) is 0 Å². The number of ether oxygens (including phenoxy) is 1. The molecule has 1 amide bonds. The first kappa shape index (κ1) is 24.8. The minimum absolute atomic E-state index is 0. The van der Waals surface area contributed by atoms with Crippen molar-refractivity contribution in [3.63, 3.8) is 0 Å². The Labute approximate surface area is 198 Å². The van der Waals surface area contributed by atoms with E-state index < -0.39 is 0 Å². The molecule has 1 saturated heterocycles. The first-order chi connectivity index (χ1) is 14.2. The van der Waals surface area contributed by atoms with E-state index in [1.165, 1.54) is 19.3 Å². The summed E-state index contributed by atoms with van der Waals surface area (Å²) < 4.78 is 6.05. The number of benzene rings is 1. The Kier molecular flexibility index (Phi) is 10.7. The van der Waals surface area contributed by atoms with Crippen LogP contribution in [0.2, 0.25) is 0 Å². The van der Waals surface area contributed by atoms with Gasteiger partial charge in [0, 0.05) is 32.1 Å². The van der Waals surface area contributed by atoms with E-state index in [0.717, 1.165) is 50.5 Å². The number of aliphatic imine (C=N–C) groups is 1. The van der Waals surface area contributed by atoms with Crippen LogP contribution in [0.25, 0.3) is 0 Å². The third-order valence-corrected chi connectivity index (χ3v) is 6.02. The summed E-state index contributed by atoms with van der Waals surface area (Å²) in [7, 11) is 1.79. The monoisotopic (exact) mass is 528 g/mol. The summed E-state index contributed by atoms with van der Waals surface area (Å²) >= 11 is 0. The molecular formula is C23H37IN4O2. The molecule has 0 bridgehead atoms. The Morgan fingerprint density at radius 3 is 2.60 bits per heavy atom. The van der Waals surface area contributed by atoms with E-state index in [0.29, 0.717) is 12.5 Å². The van der Waals surface area contributed by atoms with Crippen LogP contribution < -0.4 is 15.4 Å². The first-order valence-corrected chi connectivity index (χ1v) is 11.2. The van der Waals surface area contributed by atoms with Crippen LogP contribution in [-0.2, 0) is 4.79 Å². The fourth-order valence-electron chi connectivity index (χ4n) is 4.25. The van der Waals surface area contributed by atoms with Gasteiger partial charge in [0.15, 0.2) is 5.96 Å². The molecule has 1 aromatic carbocycles. The number of amides is 1. The number of nitrogens with one attached hydrogen (secondary N) is 2. The summed E-state index contributed by atoms with van der Waals surface area (Å²) in [4.78, 5) is 19.2. The number of hydrogen-bond acceptors (Lipinski definition) is 3. The van der Waals surface area contributed by atoms with Gasteiger partial charge in [0.1, 0.15) is 11.9 Å². The highest BCUT2D eigenvalue weighted by Gasteiger charge is 2.31. The van der Waals surface area contributed by atoms with Crippen LogP contribution in [0.4, 0.5) is 0 Å². The van der Waals surface area contributed by atoms with Crippen LogP contribution in [0.5, 0.6) is 5.75 Å². The normalized spacial score (nSPS) is 20.9. The zero-order chi connectivity index (χ0) is 20.5. The fourth-order valence-corrected chi connectivity index (χ4v) is 4.25. The molecule has 2 atom stereocenters. The maximum atomic E-state index is 12.8. The minimum atomic E-state index is 0. The van der Waals surface area contributed by atoms with Gasteiger partial charge in [-0.05, 0) is 37.8 Å². The maximum absolute atomic E-state index is 12.8. The standard InChI is InChI=1S/C23H36N4O2.HI/c1-3-20(29-21-12-8-5-9-13-21)16-25-23(24-2)26-19-14-15-27(17-19)22(28)18-10-6-4-7-11-18;/h5,8-9,12-13,18-20H,3-4,6-7,10-11,14-17H2,1-2H3,(H2,24,25,26);1H. The highest BCUT2D eigenvalue weighted by atomic mass is 127. The van der Waals surface area contributed by atoms with Gasteiger partial charge in [-0.25, -0.2) is 0 Å². The van der Waals surface area contributed by atoms with Gasteiger partial charge < -0.3 is 20.3 Å². The average Bonchev–Trinajstić information content (AvgIpc) is 3.24. The van der Waals surface area contributed by atoms with E-state index in [-0.39, 0.29) is 42.0 Å². The van der Waals surface area contributed by atoms with Gasteiger partial charge in [0.25, 0.3) is 0 Å². The molecule has 30 heavy (non-hydrogen) atoms. The molecule has 1 saturated carbocycles. The minimum Gasteiger partial charge on any atom is -0.489 e. The molecular weight excluding hydrogens is 491 g/mol. The van der Waals surface area contributed by atoms with Gasteiger partial charge in [-0.3, -0.25) is 9.79 Å². The summed E-state index contributed by atoms with van der Waals surface area (Å²) in [5, 5.41) is 6.87. The van der Waals surface area contributed by atoms with Gasteiger partial charge in [0.05, 0.1) is 6.54 Å². The lowest BCUT2D eigenvalue weighted by Crippen LogP contribution is -2.47. The molecule has 2 N–H and O–H groups in total. The second-order valence-corrected chi connectivity index (χ2v) is 8.16. The number of para-hydroxylation sites is 1. The van der Waals surface area contributed by atoms with Crippen molar-refractivity contribution < 1.29 is 9.53 Å². The van der Waals surface area contributed by atoms with E-state index in [2.05, 4.69) is 22.5 Å². The van der Waals surface area contributed by atoms with Crippen molar-refractivity contribution in [2.45, 2.75) is 64.0 Å². The van der Waals surface area contributed by atoms with Crippen molar-refractivity contribution in [1.82, 2.24) is 15.5 Å². The SMILES string of the molecule is CCC(CNC(=NC)NC1CCN(C(=O)C2CCCCC2)C1)Oc1ccccc1.I. The summed E-state index contributed by atoms with van der Waals surface area (Å²) in [6.07, 6.45) is 7.76. The van der Waals surface area contributed by atoms with Gasteiger partial charge in [0.2, 0.25) is 5.91 Å². The van der Waals surface area contributed by atoms with E-state index in [4.69, 9.17) is 4.74 Å². The number of halogens is 1. The molecule has 1 heterocycles. The molecule has 2 fully saturated rings. The van der Waals surface area contributed by atoms with Crippen molar-refractivity contribution in [1.29, 1.82) is 0 Å². The molecule has 3 rings (SSSR count). The predicted octanol–water partition coefficient (Wildman–Crippen LogP) is 3.81. The van der Waals surface area contributed by atoms with Crippen LogP contribution in [-0.4, -0.2) is 55.6 Å². The van der Waals surface area contributed by atoms with Crippen molar-refractivity contribution in [2.75, 3.05) is 26.7 Å². The molecule has 0 radical (unpaired) electrons. The van der Waals surface area contributed by atoms with E-state index in [1.54, 1.807) is 7.05 Å². The fraction of sp³-hybridized carbons (Fsp3) is 0.652. The lowest BCUT2D eigenvalue weighted by Gasteiger charge is -2.26. The molecule has 1 aromatic rings. The molecule has 0 spiro atoms. The van der Waals surface area contributed by atoms with Gasteiger partial charge in [-0.1, -0.05) is 44.4 Å². The number of likely N-dealkylation sites (tertiary alicyclic amines) is 1. The number of rotatable bonds is 7. The number of hydrogen-bond donors (Lipinski definition) is 2. The smallest absolute Gasteiger partial charge is 0.225 e. The largest absolute Gasteiger partial charge is 0.489 e. The second kappa shape index (κ2) is 13.0. The van der Waals surface area contributed by atoms with E-state index in [1.807, 2.05) is 35.2 Å². The Hall–Kier alpha value is -1.51. The highest BCUT2D eigenvalue weighted by Crippen LogP contribution is 2.26. The van der Waals surface area contributed by atoms with Crippen LogP contribution in [0, 0.1) is 5.92 Å². The Morgan fingerprint density at radius 2 is 1.93 bits per heavy atom. The van der Waals surface area contributed by atoms with Crippen LogP contribution >= 0.6 is 24.0 Å². The molecule has 168 valence electrons. The summed E-state index contributed by atoms with van der Waals surface area (Å²) in [5.74, 6) is 2.27. The summed E-state index contributed by atoms with van der Waals surface area (Å²) in [6, 6.07) is 10.2. The van der Waals surface area contributed by atoms with Crippen LogP contribution in [0.1, 0.15) is 51.9 Å². The quantitative estimate of drug-likeness (QED) is 0.321. The molecule has 0 aromatic heterocycles. The van der Waals surface area contributed by atoms with E-state index in [9.17, 15) is 4.79 Å². The maximum Gasteiger partial charge on any atom is 0.225 e. The van der Waals surface area contributed by atoms with Crippen molar-refractivity contribution in [3.05, 3.63) is 30.3 Å². The third-order valence-electron chi connectivity index (χ3n) is 6.02. The zero-order valence-corrected chi connectivity index (χ0v) is 20.6. The van der Waals surface area contributed by atoms with E-state index >= 15 is 0 Å². The molecule has 7 heteroatoms. The Bertz CT molecular complexity index is 664. The molecule has 2 aliphatic rings. The molecule has 2 unspecified atom stereocenters. The first-order valence-electron chi connectivity index (χ1n) is 11.2. The number of guanidine groups is 1.